The fraction of sp³-hybridized carbons (Fsp3) is 0.500. The van der Waals surface area contributed by atoms with Crippen LogP contribution in [0.5, 0.6) is 0 Å². The van der Waals surface area contributed by atoms with Crippen molar-refractivity contribution in [2.75, 3.05) is 6.54 Å². The topological polar surface area (TPSA) is 65.1 Å². The first kappa shape index (κ1) is 9.27. The summed E-state index contributed by atoms with van der Waals surface area (Å²) in [4.78, 5) is 13.7. The van der Waals surface area contributed by atoms with Crippen LogP contribution in [0.4, 0.5) is 0 Å². The SMILES string of the molecule is CCNC1CCc2[nH]c(C(=O)O)cc21. The van der Waals surface area contributed by atoms with Crippen LogP contribution in [0.3, 0.4) is 0 Å². The first-order chi connectivity index (χ1) is 6.72. The maximum atomic E-state index is 10.7. The van der Waals surface area contributed by atoms with Crippen molar-refractivity contribution in [2.24, 2.45) is 0 Å². The Morgan fingerprint density at radius 2 is 2.57 bits per heavy atom. The van der Waals surface area contributed by atoms with E-state index in [1.165, 1.54) is 0 Å². The van der Waals surface area contributed by atoms with E-state index in [9.17, 15) is 4.79 Å². The third-order valence-corrected chi connectivity index (χ3v) is 2.67. The standard InChI is InChI=1S/C10H14N2O2/c1-2-11-7-3-4-8-6(7)5-9(12-8)10(13)14/h5,7,11-12H,2-4H2,1H3,(H,13,14). The number of aromatic amines is 1. The van der Waals surface area contributed by atoms with Gasteiger partial charge in [-0.3, -0.25) is 0 Å². The van der Waals surface area contributed by atoms with Crippen molar-refractivity contribution < 1.29 is 9.90 Å². The maximum Gasteiger partial charge on any atom is 0.352 e. The minimum Gasteiger partial charge on any atom is -0.477 e. The van der Waals surface area contributed by atoms with Crippen molar-refractivity contribution in [1.82, 2.24) is 10.3 Å². The Morgan fingerprint density at radius 1 is 1.79 bits per heavy atom. The summed E-state index contributed by atoms with van der Waals surface area (Å²) in [5.74, 6) is -0.880. The van der Waals surface area contributed by atoms with Gasteiger partial charge in [0.25, 0.3) is 0 Å². The molecule has 0 aliphatic heterocycles. The summed E-state index contributed by atoms with van der Waals surface area (Å²) < 4.78 is 0. The summed E-state index contributed by atoms with van der Waals surface area (Å²) in [6, 6.07) is 2.08. The van der Waals surface area contributed by atoms with Crippen LogP contribution in [0.15, 0.2) is 6.07 Å². The first-order valence-electron chi connectivity index (χ1n) is 4.90. The minimum absolute atomic E-state index is 0.303. The zero-order valence-corrected chi connectivity index (χ0v) is 8.13. The molecule has 1 aliphatic carbocycles. The smallest absolute Gasteiger partial charge is 0.352 e. The summed E-state index contributed by atoms with van der Waals surface area (Å²) in [6.07, 6.45) is 2.01. The van der Waals surface area contributed by atoms with Crippen LogP contribution < -0.4 is 5.32 Å². The van der Waals surface area contributed by atoms with E-state index in [0.717, 1.165) is 30.6 Å². The van der Waals surface area contributed by atoms with Crippen molar-refractivity contribution in [3.05, 3.63) is 23.0 Å². The predicted octanol–water partition coefficient (Wildman–Crippen LogP) is 1.31. The molecule has 1 aliphatic rings. The van der Waals surface area contributed by atoms with Gasteiger partial charge in [-0.2, -0.15) is 0 Å². The van der Waals surface area contributed by atoms with Gasteiger partial charge >= 0.3 is 5.97 Å². The second-order valence-electron chi connectivity index (χ2n) is 3.57. The molecule has 1 heterocycles. The van der Waals surface area contributed by atoms with E-state index >= 15 is 0 Å². The van der Waals surface area contributed by atoms with Crippen molar-refractivity contribution in [3.8, 4) is 0 Å². The molecule has 2 rings (SSSR count). The number of hydrogen-bond donors (Lipinski definition) is 3. The lowest BCUT2D eigenvalue weighted by Gasteiger charge is -2.09. The van der Waals surface area contributed by atoms with Gasteiger partial charge in [-0.15, -0.1) is 0 Å². The fourth-order valence-corrected chi connectivity index (χ4v) is 2.05. The Bertz CT molecular complexity index is 357. The van der Waals surface area contributed by atoms with Gasteiger partial charge in [0.2, 0.25) is 0 Å². The number of nitrogens with one attached hydrogen (secondary N) is 2. The highest BCUT2D eigenvalue weighted by Gasteiger charge is 2.25. The Morgan fingerprint density at radius 3 is 3.21 bits per heavy atom. The number of carbonyl (C=O) groups is 1. The maximum absolute atomic E-state index is 10.7. The van der Waals surface area contributed by atoms with E-state index in [1.807, 2.05) is 0 Å². The number of H-pyrrole nitrogens is 1. The number of aryl methyl sites for hydroxylation is 1. The largest absolute Gasteiger partial charge is 0.477 e. The van der Waals surface area contributed by atoms with Crippen molar-refractivity contribution in [3.63, 3.8) is 0 Å². The highest BCUT2D eigenvalue weighted by atomic mass is 16.4. The molecule has 1 aromatic heterocycles. The lowest BCUT2D eigenvalue weighted by molar-refractivity contribution is 0.0691. The van der Waals surface area contributed by atoms with Crippen LogP contribution in [-0.2, 0) is 6.42 Å². The Balaban J connectivity index is 2.26. The van der Waals surface area contributed by atoms with Gasteiger partial charge in [0.1, 0.15) is 5.69 Å². The highest BCUT2D eigenvalue weighted by molar-refractivity contribution is 5.86. The van der Waals surface area contributed by atoms with Crippen LogP contribution >= 0.6 is 0 Å². The first-order valence-corrected chi connectivity index (χ1v) is 4.90. The van der Waals surface area contributed by atoms with E-state index in [-0.39, 0.29) is 0 Å². The molecule has 0 amide bonds. The van der Waals surface area contributed by atoms with E-state index in [2.05, 4.69) is 17.2 Å². The van der Waals surface area contributed by atoms with Gasteiger partial charge in [0.15, 0.2) is 0 Å². The van der Waals surface area contributed by atoms with Gasteiger partial charge in [0, 0.05) is 11.7 Å². The quantitative estimate of drug-likeness (QED) is 0.679. The molecule has 1 aromatic rings. The number of carboxylic acids is 1. The average Bonchev–Trinajstić information content (AvgIpc) is 2.67. The Kier molecular flexibility index (Phi) is 2.29. The summed E-state index contributed by atoms with van der Waals surface area (Å²) in [5.41, 5.74) is 2.51. The molecular weight excluding hydrogens is 180 g/mol. The lowest BCUT2D eigenvalue weighted by atomic mass is 10.1. The van der Waals surface area contributed by atoms with Crippen LogP contribution in [0, 0.1) is 0 Å². The zero-order valence-electron chi connectivity index (χ0n) is 8.13. The number of carboxylic acid groups (broad SMARTS) is 1. The van der Waals surface area contributed by atoms with Crippen LogP contribution in [0.2, 0.25) is 0 Å². The monoisotopic (exact) mass is 194 g/mol. The number of hydrogen-bond acceptors (Lipinski definition) is 2. The highest BCUT2D eigenvalue weighted by Crippen LogP contribution is 2.31. The lowest BCUT2D eigenvalue weighted by Crippen LogP contribution is -2.17. The van der Waals surface area contributed by atoms with Gasteiger partial charge < -0.3 is 15.4 Å². The molecule has 0 spiro atoms. The van der Waals surface area contributed by atoms with Crippen LogP contribution in [0.25, 0.3) is 0 Å². The fourth-order valence-electron chi connectivity index (χ4n) is 2.05. The second kappa shape index (κ2) is 3.46. The Labute approximate surface area is 82.3 Å². The molecule has 0 saturated carbocycles. The van der Waals surface area contributed by atoms with Gasteiger partial charge in [-0.25, -0.2) is 4.79 Å². The van der Waals surface area contributed by atoms with Crippen LogP contribution in [0.1, 0.15) is 41.1 Å². The van der Waals surface area contributed by atoms with Crippen molar-refractivity contribution >= 4 is 5.97 Å². The molecule has 4 heteroatoms. The van der Waals surface area contributed by atoms with Gasteiger partial charge in [0.05, 0.1) is 0 Å². The second-order valence-corrected chi connectivity index (χ2v) is 3.57. The normalized spacial score (nSPS) is 19.6. The van der Waals surface area contributed by atoms with E-state index in [1.54, 1.807) is 6.07 Å². The summed E-state index contributed by atoms with van der Waals surface area (Å²) in [5, 5.41) is 12.1. The molecule has 0 saturated heterocycles. The molecule has 76 valence electrons. The summed E-state index contributed by atoms with van der Waals surface area (Å²) in [7, 11) is 0. The summed E-state index contributed by atoms with van der Waals surface area (Å²) in [6.45, 7) is 2.97. The number of rotatable bonds is 3. The average molecular weight is 194 g/mol. The van der Waals surface area contributed by atoms with E-state index < -0.39 is 5.97 Å². The van der Waals surface area contributed by atoms with Crippen molar-refractivity contribution in [1.29, 1.82) is 0 Å². The molecule has 1 unspecified atom stereocenters. The molecule has 14 heavy (non-hydrogen) atoms. The number of fused-ring (bicyclic) bond motifs is 1. The minimum atomic E-state index is -0.880. The molecule has 0 fully saturated rings. The van der Waals surface area contributed by atoms with Gasteiger partial charge in [-0.05, 0) is 31.0 Å². The molecular formula is C10H14N2O2. The van der Waals surface area contributed by atoms with E-state index in [0.29, 0.717) is 11.7 Å². The third kappa shape index (κ3) is 1.42. The number of aromatic carboxylic acids is 1. The third-order valence-electron chi connectivity index (χ3n) is 2.67. The zero-order chi connectivity index (χ0) is 10.1. The molecule has 3 N–H and O–H groups in total. The van der Waals surface area contributed by atoms with E-state index in [4.69, 9.17) is 5.11 Å². The van der Waals surface area contributed by atoms with Gasteiger partial charge in [-0.1, -0.05) is 6.92 Å². The molecule has 0 bridgehead atoms. The van der Waals surface area contributed by atoms with Crippen LogP contribution in [-0.4, -0.2) is 22.6 Å². The van der Waals surface area contributed by atoms with Crippen molar-refractivity contribution in [2.45, 2.75) is 25.8 Å². The number of aromatic nitrogens is 1. The molecule has 0 radical (unpaired) electrons. The Hall–Kier alpha value is -1.29. The molecule has 0 aromatic carbocycles. The predicted molar refractivity (Wildman–Crippen MR) is 52.5 cm³/mol. The molecule has 4 nitrogen and oxygen atoms in total. The molecule has 1 atom stereocenters. The summed E-state index contributed by atoms with van der Waals surface area (Å²) >= 11 is 0.